The topological polar surface area (TPSA) is 57.1 Å². The lowest BCUT2D eigenvalue weighted by Gasteiger charge is -2.03. The number of hydrogen-bond donors (Lipinski definition) is 0. The van der Waals surface area contributed by atoms with Crippen molar-refractivity contribution >= 4 is 0 Å². The van der Waals surface area contributed by atoms with Crippen LogP contribution in [0, 0.1) is 4.91 Å². The molecule has 0 rings (SSSR count). The van der Waals surface area contributed by atoms with Crippen LogP contribution in [0.4, 0.5) is 0 Å². The molecular weight excluding hydrogens is 174 g/mol. The Bertz CT molecular complexity index is 110. The average molecular weight is 191 g/mol. The van der Waals surface area contributed by atoms with Crippen LogP contribution in [-0.2, 0) is 14.3 Å². The van der Waals surface area contributed by atoms with Crippen LogP contribution in [0.3, 0.4) is 0 Å². The number of rotatable bonds is 10. The smallest absolute Gasteiger partial charge is 0.155 e. The highest BCUT2D eigenvalue weighted by Crippen LogP contribution is 1.87. The maximum absolute atomic E-state index is 9.46. The van der Waals surface area contributed by atoms with E-state index in [1.807, 2.05) is 0 Å². The van der Waals surface area contributed by atoms with Gasteiger partial charge in [0, 0.05) is 6.61 Å². The lowest BCUT2D eigenvalue weighted by Crippen LogP contribution is -2.08. The third kappa shape index (κ3) is 11.3. The van der Waals surface area contributed by atoms with E-state index in [0.29, 0.717) is 19.8 Å². The molecule has 0 N–H and O–H groups in total. The Balaban J connectivity index is 2.79. The Hall–Kier alpha value is -0.680. The Morgan fingerprint density at radius 2 is 1.62 bits per heavy atom. The molecule has 0 aliphatic heterocycles. The highest BCUT2D eigenvalue weighted by molar-refractivity contribution is 4.34. The van der Waals surface area contributed by atoms with Crippen LogP contribution in [0.25, 0.3) is 0 Å². The highest BCUT2D eigenvalue weighted by Gasteiger charge is 1.90. The molecule has 78 valence electrons. The van der Waals surface area contributed by atoms with Crippen LogP contribution < -0.4 is 0 Å². The maximum Gasteiger partial charge on any atom is 0.155 e. The van der Waals surface area contributed by atoms with Gasteiger partial charge in [-0.2, -0.15) is 0 Å². The number of hydrogen-bond acceptors (Lipinski definition) is 5. The Kier molecular flexibility index (Phi) is 10.7. The molecule has 0 saturated heterocycles. The van der Waals surface area contributed by atoms with Crippen molar-refractivity contribution in [2.24, 2.45) is 5.34 Å². The second-order valence-electron chi connectivity index (χ2n) is 2.49. The van der Waals surface area contributed by atoms with Gasteiger partial charge in [-0.3, -0.25) is 0 Å². The zero-order valence-corrected chi connectivity index (χ0v) is 8.03. The molecule has 0 aromatic carbocycles. The molecule has 5 heteroatoms. The lowest BCUT2D eigenvalue weighted by atomic mass is 10.4. The number of ether oxygens (including phenoxy) is 2. The molecule has 0 bridgehead atoms. The van der Waals surface area contributed by atoms with Crippen LogP contribution in [0.1, 0.15) is 19.8 Å². The van der Waals surface area contributed by atoms with Gasteiger partial charge in [0.05, 0.1) is 19.8 Å². The van der Waals surface area contributed by atoms with Crippen LogP contribution in [-0.4, -0.2) is 33.0 Å². The second-order valence-corrected chi connectivity index (χ2v) is 2.49. The zero-order valence-electron chi connectivity index (χ0n) is 8.03. The number of nitrogens with zero attached hydrogens (tertiary/aromatic N) is 1. The summed E-state index contributed by atoms with van der Waals surface area (Å²) in [6.07, 6.45) is 2.22. The summed E-state index contributed by atoms with van der Waals surface area (Å²) in [6, 6.07) is 0. The molecule has 0 aromatic rings. The Labute approximate surface area is 78.3 Å². The van der Waals surface area contributed by atoms with E-state index in [0.717, 1.165) is 19.4 Å². The van der Waals surface area contributed by atoms with E-state index < -0.39 is 0 Å². The quantitative estimate of drug-likeness (QED) is 0.298. The summed E-state index contributed by atoms with van der Waals surface area (Å²) in [5, 5.41) is 2.23. The molecule has 0 aromatic heterocycles. The summed E-state index contributed by atoms with van der Waals surface area (Å²) < 4.78 is 10.3. The van der Waals surface area contributed by atoms with E-state index in [1.165, 1.54) is 0 Å². The predicted octanol–water partition coefficient (Wildman–Crippen LogP) is 1.52. The molecule has 0 radical (unpaired) electrons. The molecule has 0 aliphatic carbocycles. The minimum atomic E-state index is 0.207. The molecule has 13 heavy (non-hydrogen) atoms. The molecule has 0 heterocycles. The van der Waals surface area contributed by atoms with Gasteiger partial charge in [-0.15, -0.1) is 4.91 Å². The van der Waals surface area contributed by atoms with Gasteiger partial charge in [-0.05, 0) is 6.42 Å². The third-order valence-electron chi connectivity index (χ3n) is 1.39. The first kappa shape index (κ1) is 12.3. The summed E-state index contributed by atoms with van der Waals surface area (Å²) in [6.45, 7) is 4.61. The predicted molar refractivity (Wildman–Crippen MR) is 48.3 cm³/mol. The van der Waals surface area contributed by atoms with Crippen LogP contribution >= 0.6 is 0 Å². The first-order chi connectivity index (χ1) is 6.41. The summed E-state index contributed by atoms with van der Waals surface area (Å²) in [5.41, 5.74) is 0. The molecule has 0 unspecified atom stereocenters. The molecule has 5 nitrogen and oxygen atoms in total. The summed E-state index contributed by atoms with van der Waals surface area (Å²) in [7, 11) is 0. The van der Waals surface area contributed by atoms with Crippen molar-refractivity contribution in [3.05, 3.63) is 4.91 Å². The second kappa shape index (κ2) is 11.3. The minimum absolute atomic E-state index is 0.207. The average Bonchev–Trinajstić information content (AvgIpc) is 2.16. The molecule has 0 spiro atoms. The summed E-state index contributed by atoms with van der Waals surface area (Å²) in [4.78, 5) is 13.6. The summed E-state index contributed by atoms with van der Waals surface area (Å²) >= 11 is 0. The molecule has 0 amide bonds. The standard InChI is InChI=1S/C8H17NO4/c1-2-3-4-11-5-6-12-7-8-13-9-10/h2-8H2,1H3. The SMILES string of the molecule is CCCCOCCOCCON=O. The molecule has 0 atom stereocenters. The van der Waals surface area contributed by atoms with E-state index in [-0.39, 0.29) is 6.61 Å². The van der Waals surface area contributed by atoms with Crippen molar-refractivity contribution in [3.8, 4) is 0 Å². The van der Waals surface area contributed by atoms with Crippen molar-refractivity contribution in [3.63, 3.8) is 0 Å². The van der Waals surface area contributed by atoms with Crippen molar-refractivity contribution in [2.45, 2.75) is 19.8 Å². The van der Waals surface area contributed by atoms with E-state index in [1.54, 1.807) is 0 Å². The van der Waals surface area contributed by atoms with Crippen LogP contribution in [0.5, 0.6) is 0 Å². The van der Waals surface area contributed by atoms with Gasteiger partial charge in [0.15, 0.2) is 5.34 Å². The van der Waals surface area contributed by atoms with Gasteiger partial charge in [-0.1, -0.05) is 13.3 Å². The zero-order chi connectivity index (χ0) is 9.78. The van der Waals surface area contributed by atoms with Crippen molar-refractivity contribution < 1.29 is 14.3 Å². The first-order valence-corrected chi connectivity index (χ1v) is 4.52. The number of unbranched alkanes of at least 4 members (excludes halogenated alkanes) is 1. The first-order valence-electron chi connectivity index (χ1n) is 4.52. The van der Waals surface area contributed by atoms with Crippen LogP contribution in [0.15, 0.2) is 5.34 Å². The molecule has 0 fully saturated rings. The fourth-order valence-electron chi connectivity index (χ4n) is 0.702. The normalized spacial score (nSPS) is 9.92. The lowest BCUT2D eigenvalue weighted by molar-refractivity contribution is 0.0143. The van der Waals surface area contributed by atoms with Gasteiger partial charge >= 0.3 is 0 Å². The van der Waals surface area contributed by atoms with E-state index in [2.05, 4.69) is 17.1 Å². The van der Waals surface area contributed by atoms with E-state index >= 15 is 0 Å². The van der Waals surface area contributed by atoms with Gasteiger partial charge in [0.25, 0.3) is 0 Å². The van der Waals surface area contributed by atoms with Gasteiger partial charge in [0.2, 0.25) is 0 Å². The molecule has 0 aliphatic rings. The Morgan fingerprint density at radius 3 is 2.23 bits per heavy atom. The van der Waals surface area contributed by atoms with Crippen LogP contribution in [0.2, 0.25) is 0 Å². The minimum Gasteiger partial charge on any atom is -0.379 e. The van der Waals surface area contributed by atoms with Gasteiger partial charge in [-0.25, -0.2) is 0 Å². The highest BCUT2D eigenvalue weighted by atomic mass is 16.7. The monoisotopic (exact) mass is 191 g/mol. The molecule has 0 saturated carbocycles. The fourth-order valence-corrected chi connectivity index (χ4v) is 0.702. The fraction of sp³-hybridized carbons (Fsp3) is 1.00. The van der Waals surface area contributed by atoms with E-state index in [9.17, 15) is 4.91 Å². The Morgan fingerprint density at radius 1 is 1.00 bits per heavy atom. The van der Waals surface area contributed by atoms with E-state index in [4.69, 9.17) is 9.47 Å². The van der Waals surface area contributed by atoms with Gasteiger partial charge < -0.3 is 14.3 Å². The largest absolute Gasteiger partial charge is 0.379 e. The summed E-state index contributed by atoms with van der Waals surface area (Å²) in [5.74, 6) is 0. The van der Waals surface area contributed by atoms with Crippen molar-refractivity contribution in [1.82, 2.24) is 0 Å². The van der Waals surface area contributed by atoms with Gasteiger partial charge in [0.1, 0.15) is 6.61 Å². The van der Waals surface area contributed by atoms with Crippen molar-refractivity contribution in [2.75, 3.05) is 33.0 Å². The van der Waals surface area contributed by atoms with Crippen molar-refractivity contribution in [1.29, 1.82) is 0 Å². The maximum atomic E-state index is 9.46. The molecular formula is C8H17NO4. The third-order valence-corrected chi connectivity index (χ3v) is 1.39.